The van der Waals surface area contributed by atoms with E-state index in [1.165, 1.54) is 6.08 Å². The second-order valence-electron chi connectivity index (χ2n) is 4.01. The van der Waals surface area contributed by atoms with E-state index in [9.17, 15) is 4.79 Å². The summed E-state index contributed by atoms with van der Waals surface area (Å²) in [7, 11) is 0. The SMILES string of the molecule is C=CC(=O)NCCc1nc(Cc2ccccc2)no1. The molecule has 1 heterocycles. The molecule has 0 saturated carbocycles. The standard InChI is InChI=1S/C14H15N3O2/c1-2-13(18)15-9-8-14-16-12(17-19-14)10-11-6-4-3-5-7-11/h2-7H,1,8-10H2,(H,15,18). The topological polar surface area (TPSA) is 68.0 Å². The number of hydrogen-bond donors (Lipinski definition) is 1. The number of aromatic nitrogens is 2. The van der Waals surface area contributed by atoms with E-state index >= 15 is 0 Å². The average molecular weight is 257 g/mol. The molecule has 1 amide bonds. The molecule has 0 aliphatic rings. The van der Waals surface area contributed by atoms with Crippen molar-refractivity contribution in [3.8, 4) is 0 Å². The molecule has 0 bridgehead atoms. The van der Waals surface area contributed by atoms with Crippen molar-refractivity contribution in [1.82, 2.24) is 15.5 Å². The van der Waals surface area contributed by atoms with Gasteiger partial charge in [-0.25, -0.2) is 0 Å². The number of carbonyl (C=O) groups is 1. The molecule has 5 heteroatoms. The van der Waals surface area contributed by atoms with Crippen LogP contribution < -0.4 is 5.32 Å². The monoisotopic (exact) mass is 257 g/mol. The largest absolute Gasteiger partial charge is 0.352 e. The molecule has 98 valence electrons. The van der Waals surface area contributed by atoms with Crippen LogP contribution in [0.1, 0.15) is 17.3 Å². The fourth-order valence-corrected chi connectivity index (χ4v) is 1.61. The quantitative estimate of drug-likeness (QED) is 0.796. The van der Waals surface area contributed by atoms with E-state index in [0.717, 1.165) is 5.56 Å². The highest BCUT2D eigenvalue weighted by atomic mass is 16.5. The summed E-state index contributed by atoms with van der Waals surface area (Å²) in [4.78, 5) is 15.2. The third-order valence-corrected chi connectivity index (χ3v) is 2.54. The van der Waals surface area contributed by atoms with Crippen LogP contribution in [0.2, 0.25) is 0 Å². The second-order valence-corrected chi connectivity index (χ2v) is 4.01. The molecule has 0 fully saturated rings. The lowest BCUT2D eigenvalue weighted by Gasteiger charge is -1.97. The predicted octanol–water partition coefficient (Wildman–Crippen LogP) is 1.51. The lowest BCUT2D eigenvalue weighted by molar-refractivity contribution is -0.116. The van der Waals surface area contributed by atoms with Crippen LogP contribution in [0, 0.1) is 0 Å². The first-order chi connectivity index (χ1) is 9.28. The van der Waals surface area contributed by atoms with E-state index < -0.39 is 0 Å². The number of amides is 1. The first-order valence-corrected chi connectivity index (χ1v) is 6.03. The summed E-state index contributed by atoms with van der Waals surface area (Å²) in [6.45, 7) is 3.83. The van der Waals surface area contributed by atoms with Gasteiger partial charge in [0.15, 0.2) is 5.82 Å². The zero-order valence-electron chi connectivity index (χ0n) is 10.5. The van der Waals surface area contributed by atoms with Crippen LogP contribution in [0.4, 0.5) is 0 Å². The number of benzene rings is 1. The molecule has 0 unspecified atom stereocenters. The number of nitrogens with one attached hydrogen (secondary N) is 1. The third kappa shape index (κ3) is 4.06. The highest BCUT2D eigenvalue weighted by molar-refractivity contribution is 5.86. The summed E-state index contributed by atoms with van der Waals surface area (Å²) >= 11 is 0. The first-order valence-electron chi connectivity index (χ1n) is 6.03. The highest BCUT2D eigenvalue weighted by Crippen LogP contribution is 2.06. The summed E-state index contributed by atoms with van der Waals surface area (Å²) in [5.74, 6) is 0.968. The summed E-state index contributed by atoms with van der Waals surface area (Å²) in [5, 5.41) is 6.57. The lowest BCUT2D eigenvalue weighted by Crippen LogP contribution is -2.23. The van der Waals surface area contributed by atoms with Crippen molar-refractivity contribution in [3.63, 3.8) is 0 Å². The van der Waals surface area contributed by atoms with E-state index in [1.807, 2.05) is 30.3 Å². The van der Waals surface area contributed by atoms with Gasteiger partial charge in [-0.3, -0.25) is 4.79 Å². The van der Waals surface area contributed by atoms with Gasteiger partial charge in [0.1, 0.15) is 0 Å². The van der Waals surface area contributed by atoms with Gasteiger partial charge in [-0.1, -0.05) is 42.1 Å². The van der Waals surface area contributed by atoms with Crippen LogP contribution in [0.5, 0.6) is 0 Å². The zero-order valence-corrected chi connectivity index (χ0v) is 10.5. The Balaban J connectivity index is 1.85. The highest BCUT2D eigenvalue weighted by Gasteiger charge is 2.07. The Kier molecular flexibility index (Phi) is 4.44. The van der Waals surface area contributed by atoms with Gasteiger partial charge in [0.05, 0.1) is 0 Å². The third-order valence-electron chi connectivity index (χ3n) is 2.54. The van der Waals surface area contributed by atoms with Gasteiger partial charge in [0, 0.05) is 19.4 Å². The Hall–Kier alpha value is -2.43. The van der Waals surface area contributed by atoms with Crippen LogP contribution in [0.25, 0.3) is 0 Å². The molecule has 0 aliphatic carbocycles. The number of rotatable bonds is 6. The van der Waals surface area contributed by atoms with Crippen LogP contribution in [-0.2, 0) is 17.6 Å². The van der Waals surface area contributed by atoms with E-state index in [0.29, 0.717) is 31.1 Å². The van der Waals surface area contributed by atoms with Crippen molar-refractivity contribution in [2.75, 3.05) is 6.54 Å². The number of hydrogen-bond acceptors (Lipinski definition) is 4. The van der Waals surface area contributed by atoms with E-state index in [4.69, 9.17) is 4.52 Å². The van der Waals surface area contributed by atoms with Crippen molar-refractivity contribution < 1.29 is 9.32 Å². The molecule has 1 aromatic heterocycles. The maximum Gasteiger partial charge on any atom is 0.243 e. The minimum absolute atomic E-state index is 0.205. The molecule has 0 aliphatic heterocycles. The molecule has 0 radical (unpaired) electrons. The lowest BCUT2D eigenvalue weighted by atomic mass is 10.1. The van der Waals surface area contributed by atoms with E-state index in [2.05, 4.69) is 22.0 Å². The molecule has 0 atom stereocenters. The summed E-state index contributed by atoms with van der Waals surface area (Å²) in [5.41, 5.74) is 1.13. The normalized spacial score (nSPS) is 10.1. The Labute approximate surface area is 111 Å². The molecule has 5 nitrogen and oxygen atoms in total. The van der Waals surface area contributed by atoms with Crippen molar-refractivity contribution >= 4 is 5.91 Å². The van der Waals surface area contributed by atoms with Gasteiger partial charge in [0.25, 0.3) is 0 Å². The smallest absolute Gasteiger partial charge is 0.243 e. The Morgan fingerprint density at radius 1 is 1.37 bits per heavy atom. The fourth-order valence-electron chi connectivity index (χ4n) is 1.61. The van der Waals surface area contributed by atoms with Crippen molar-refractivity contribution in [1.29, 1.82) is 0 Å². The van der Waals surface area contributed by atoms with E-state index in [-0.39, 0.29) is 5.91 Å². The molecule has 2 aromatic rings. The van der Waals surface area contributed by atoms with Crippen molar-refractivity contribution in [3.05, 3.63) is 60.3 Å². The van der Waals surface area contributed by atoms with Gasteiger partial charge in [-0.2, -0.15) is 4.98 Å². The Morgan fingerprint density at radius 3 is 2.89 bits per heavy atom. The predicted molar refractivity (Wildman–Crippen MR) is 70.5 cm³/mol. The second kappa shape index (κ2) is 6.49. The molecule has 1 N–H and O–H groups in total. The van der Waals surface area contributed by atoms with Gasteiger partial charge in [0.2, 0.25) is 11.8 Å². The summed E-state index contributed by atoms with van der Waals surface area (Å²) < 4.78 is 5.11. The zero-order chi connectivity index (χ0) is 13.5. The van der Waals surface area contributed by atoms with Crippen molar-refractivity contribution in [2.24, 2.45) is 0 Å². The number of carbonyl (C=O) groups excluding carboxylic acids is 1. The van der Waals surface area contributed by atoms with Crippen LogP contribution >= 0.6 is 0 Å². The van der Waals surface area contributed by atoms with Gasteiger partial charge in [-0.05, 0) is 11.6 Å². The molecule has 1 aromatic carbocycles. The molecule has 0 spiro atoms. The first kappa shape index (κ1) is 13.0. The average Bonchev–Trinajstić information content (AvgIpc) is 2.87. The maximum absolute atomic E-state index is 11.0. The molecule has 19 heavy (non-hydrogen) atoms. The minimum atomic E-state index is -0.205. The van der Waals surface area contributed by atoms with Gasteiger partial charge < -0.3 is 9.84 Å². The van der Waals surface area contributed by atoms with Crippen LogP contribution in [0.15, 0.2) is 47.5 Å². The van der Waals surface area contributed by atoms with E-state index in [1.54, 1.807) is 0 Å². The molecular weight excluding hydrogens is 242 g/mol. The summed E-state index contributed by atoms with van der Waals surface area (Å²) in [6, 6.07) is 9.94. The maximum atomic E-state index is 11.0. The van der Waals surface area contributed by atoms with Crippen molar-refractivity contribution in [2.45, 2.75) is 12.8 Å². The minimum Gasteiger partial charge on any atom is -0.352 e. The molecule has 2 rings (SSSR count). The molecular formula is C14H15N3O2. The molecule has 0 saturated heterocycles. The van der Waals surface area contributed by atoms with Crippen LogP contribution in [-0.4, -0.2) is 22.6 Å². The summed E-state index contributed by atoms with van der Waals surface area (Å²) in [6.07, 6.45) is 2.39. The Bertz CT molecular complexity index is 549. The number of nitrogens with zero attached hydrogens (tertiary/aromatic N) is 2. The Morgan fingerprint density at radius 2 is 2.16 bits per heavy atom. The van der Waals surface area contributed by atoms with Gasteiger partial charge >= 0.3 is 0 Å². The van der Waals surface area contributed by atoms with Gasteiger partial charge in [-0.15, -0.1) is 0 Å². The van der Waals surface area contributed by atoms with Crippen LogP contribution in [0.3, 0.4) is 0 Å². The fraction of sp³-hybridized carbons (Fsp3) is 0.214.